The summed E-state index contributed by atoms with van der Waals surface area (Å²) in [6.45, 7) is 12.1. The highest BCUT2D eigenvalue weighted by atomic mass is 15.3. The average Bonchev–Trinajstić information content (AvgIpc) is 2.60. The number of nitrogens with one attached hydrogen (secondary N) is 1. The molecule has 0 aliphatic heterocycles. The van der Waals surface area contributed by atoms with Gasteiger partial charge in [-0.05, 0) is 33.7 Å². The Morgan fingerprint density at radius 2 is 1.82 bits per heavy atom. The van der Waals surface area contributed by atoms with E-state index in [0.717, 1.165) is 18.2 Å². The van der Waals surface area contributed by atoms with Gasteiger partial charge in [0.15, 0.2) is 0 Å². The summed E-state index contributed by atoms with van der Waals surface area (Å²) in [7, 11) is 2.00. The lowest BCUT2D eigenvalue weighted by atomic mass is 10.0. The summed E-state index contributed by atoms with van der Waals surface area (Å²) in [6.07, 6.45) is 2.46. The molecule has 0 spiro atoms. The summed E-state index contributed by atoms with van der Waals surface area (Å²) in [5.41, 5.74) is 3.84. The normalized spacial score (nSPS) is 13.4. The lowest BCUT2D eigenvalue weighted by molar-refractivity contribution is 0.390. The van der Waals surface area contributed by atoms with Crippen LogP contribution in [0.15, 0.2) is 0 Å². The Kier molecular flexibility index (Phi) is 5.19. The van der Waals surface area contributed by atoms with E-state index in [0.29, 0.717) is 6.04 Å². The van der Waals surface area contributed by atoms with Crippen LogP contribution in [-0.2, 0) is 6.54 Å². The van der Waals surface area contributed by atoms with E-state index in [1.165, 1.54) is 24.1 Å². The Morgan fingerprint density at radius 3 is 2.29 bits per heavy atom. The van der Waals surface area contributed by atoms with Crippen LogP contribution in [0.1, 0.15) is 56.6 Å². The van der Waals surface area contributed by atoms with E-state index in [1.807, 2.05) is 7.05 Å². The van der Waals surface area contributed by atoms with Gasteiger partial charge in [-0.25, -0.2) is 0 Å². The molecule has 0 saturated carbocycles. The molecule has 0 fully saturated rings. The molecule has 0 bridgehead atoms. The summed E-state index contributed by atoms with van der Waals surface area (Å²) in [5, 5.41) is 8.00. The van der Waals surface area contributed by atoms with Crippen LogP contribution < -0.4 is 5.32 Å². The number of aryl methyl sites for hydroxylation is 1. The molecule has 3 heteroatoms. The van der Waals surface area contributed by atoms with E-state index >= 15 is 0 Å². The van der Waals surface area contributed by atoms with E-state index in [4.69, 9.17) is 5.10 Å². The first-order valence-corrected chi connectivity index (χ1v) is 6.76. The number of hydrogen-bond donors (Lipinski definition) is 1. The largest absolute Gasteiger partial charge is 0.313 e. The first kappa shape index (κ1) is 14.2. The molecule has 1 aromatic heterocycles. The second-order valence-corrected chi connectivity index (χ2v) is 4.96. The number of hydrogen-bond acceptors (Lipinski definition) is 2. The van der Waals surface area contributed by atoms with Crippen LogP contribution in [0.5, 0.6) is 0 Å². The standard InChI is InChI=1S/C14H27N3/c1-7-13(8-2)9-17-12(5)14(10(3)15-6)11(4)16-17/h10,13,15H,7-9H2,1-6H3. The van der Waals surface area contributed by atoms with Crippen molar-refractivity contribution in [2.45, 2.75) is 60.0 Å². The summed E-state index contributed by atoms with van der Waals surface area (Å²) < 4.78 is 2.19. The maximum absolute atomic E-state index is 4.69. The summed E-state index contributed by atoms with van der Waals surface area (Å²) in [6, 6.07) is 0.380. The Bertz CT molecular complexity index is 351. The fraction of sp³-hybridized carbons (Fsp3) is 0.786. The molecule has 0 amide bonds. The predicted octanol–water partition coefficient (Wildman–Crippen LogP) is 3.22. The molecule has 17 heavy (non-hydrogen) atoms. The van der Waals surface area contributed by atoms with Gasteiger partial charge in [0.05, 0.1) is 5.69 Å². The number of rotatable bonds is 6. The molecule has 3 nitrogen and oxygen atoms in total. The van der Waals surface area contributed by atoms with Crippen molar-refractivity contribution in [3.05, 3.63) is 17.0 Å². The molecule has 1 rings (SSSR count). The second kappa shape index (κ2) is 6.20. The first-order chi connectivity index (χ1) is 8.04. The van der Waals surface area contributed by atoms with Crippen LogP contribution in [0.4, 0.5) is 0 Å². The van der Waals surface area contributed by atoms with Crippen molar-refractivity contribution >= 4 is 0 Å². The Balaban J connectivity index is 2.95. The zero-order valence-corrected chi connectivity index (χ0v) is 12.2. The van der Waals surface area contributed by atoms with Gasteiger partial charge in [0.1, 0.15) is 0 Å². The minimum Gasteiger partial charge on any atom is -0.313 e. The average molecular weight is 237 g/mol. The van der Waals surface area contributed by atoms with Gasteiger partial charge in [0.2, 0.25) is 0 Å². The summed E-state index contributed by atoms with van der Waals surface area (Å²) >= 11 is 0. The SMILES string of the molecule is CCC(CC)Cn1nc(C)c(C(C)NC)c1C. The molecule has 0 radical (unpaired) electrons. The van der Waals surface area contributed by atoms with Crippen LogP contribution in [0.3, 0.4) is 0 Å². The number of nitrogens with zero attached hydrogens (tertiary/aromatic N) is 2. The highest BCUT2D eigenvalue weighted by molar-refractivity contribution is 5.27. The molecule has 0 aromatic carbocycles. The highest BCUT2D eigenvalue weighted by Gasteiger charge is 2.17. The fourth-order valence-corrected chi connectivity index (χ4v) is 2.45. The highest BCUT2D eigenvalue weighted by Crippen LogP contribution is 2.22. The van der Waals surface area contributed by atoms with E-state index in [1.54, 1.807) is 0 Å². The third-order valence-electron chi connectivity index (χ3n) is 3.89. The van der Waals surface area contributed by atoms with E-state index in [9.17, 15) is 0 Å². The molecular weight excluding hydrogens is 210 g/mol. The molecule has 98 valence electrons. The Labute approximate surface area is 106 Å². The molecule has 1 atom stereocenters. The molecule has 1 heterocycles. The van der Waals surface area contributed by atoms with Crippen molar-refractivity contribution in [1.82, 2.24) is 15.1 Å². The van der Waals surface area contributed by atoms with Crippen LogP contribution in [0.2, 0.25) is 0 Å². The van der Waals surface area contributed by atoms with Crippen LogP contribution in [0, 0.1) is 19.8 Å². The summed E-state index contributed by atoms with van der Waals surface area (Å²) in [5.74, 6) is 0.741. The third kappa shape index (κ3) is 3.09. The monoisotopic (exact) mass is 237 g/mol. The van der Waals surface area contributed by atoms with Crippen LogP contribution in [0.25, 0.3) is 0 Å². The van der Waals surface area contributed by atoms with Gasteiger partial charge in [0.25, 0.3) is 0 Å². The number of aromatic nitrogens is 2. The zero-order valence-electron chi connectivity index (χ0n) is 12.2. The van der Waals surface area contributed by atoms with Crippen molar-refractivity contribution in [2.75, 3.05) is 7.05 Å². The topological polar surface area (TPSA) is 29.9 Å². The van der Waals surface area contributed by atoms with E-state index < -0.39 is 0 Å². The Hall–Kier alpha value is -0.830. The smallest absolute Gasteiger partial charge is 0.0644 e. The lowest BCUT2D eigenvalue weighted by Gasteiger charge is -2.15. The maximum Gasteiger partial charge on any atom is 0.0644 e. The van der Waals surface area contributed by atoms with E-state index in [-0.39, 0.29) is 0 Å². The summed E-state index contributed by atoms with van der Waals surface area (Å²) in [4.78, 5) is 0. The maximum atomic E-state index is 4.69. The van der Waals surface area contributed by atoms with Gasteiger partial charge >= 0.3 is 0 Å². The molecule has 1 N–H and O–H groups in total. The minimum absolute atomic E-state index is 0.380. The van der Waals surface area contributed by atoms with Gasteiger partial charge in [-0.1, -0.05) is 26.7 Å². The van der Waals surface area contributed by atoms with Crippen molar-refractivity contribution in [3.8, 4) is 0 Å². The third-order valence-corrected chi connectivity index (χ3v) is 3.89. The molecule has 0 saturated heterocycles. The lowest BCUT2D eigenvalue weighted by Crippen LogP contribution is -2.15. The predicted molar refractivity (Wildman–Crippen MR) is 73.2 cm³/mol. The molecule has 1 aromatic rings. The second-order valence-electron chi connectivity index (χ2n) is 4.96. The van der Waals surface area contributed by atoms with Crippen molar-refractivity contribution < 1.29 is 0 Å². The van der Waals surface area contributed by atoms with Crippen LogP contribution in [-0.4, -0.2) is 16.8 Å². The van der Waals surface area contributed by atoms with E-state index in [2.05, 4.69) is 44.6 Å². The Morgan fingerprint density at radius 1 is 1.24 bits per heavy atom. The first-order valence-electron chi connectivity index (χ1n) is 6.76. The quantitative estimate of drug-likeness (QED) is 0.823. The minimum atomic E-state index is 0.380. The fourth-order valence-electron chi connectivity index (χ4n) is 2.45. The molecule has 0 aliphatic carbocycles. The molecule has 1 unspecified atom stereocenters. The van der Waals surface area contributed by atoms with Crippen molar-refractivity contribution in [3.63, 3.8) is 0 Å². The van der Waals surface area contributed by atoms with Gasteiger partial charge < -0.3 is 5.32 Å². The zero-order chi connectivity index (χ0) is 13.0. The molecule has 0 aliphatic rings. The van der Waals surface area contributed by atoms with Crippen molar-refractivity contribution in [2.24, 2.45) is 5.92 Å². The van der Waals surface area contributed by atoms with Crippen LogP contribution >= 0.6 is 0 Å². The van der Waals surface area contributed by atoms with Crippen molar-refractivity contribution in [1.29, 1.82) is 0 Å². The van der Waals surface area contributed by atoms with Gasteiger partial charge in [-0.3, -0.25) is 4.68 Å². The van der Waals surface area contributed by atoms with Gasteiger partial charge in [-0.2, -0.15) is 5.10 Å². The van der Waals surface area contributed by atoms with Gasteiger partial charge in [-0.15, -0.1) is 0 Å². The molecular formula is C14H27N3. The van der Waals surface area contributed by atoms with Gasteiger partial charge in [0, 0.05) is 23.8 Å².